The van der Waals surface area contributed by atoms with Crippen molar-refractivity contribution >= 4 is 65.4 Å². The van der Waals surface area contributed by atoms with E-state index in [9.17, 15) is 68.6 Å². The van der Waals surface area contributed by atoms with E-state index in [-0.39, 0.29) is 36.9 Å². The van der Waals surface area contributed by atoms with Gasteiger partial charge >= 0.3 is 38.3 Å². The van der Waals surface area contributed by atoms with Crippen molar-refractivity contribution < 1.29 is 96.8 Å². The fourth-order valence-electron chi connectivity index (χ4n) is 11.5. The Kier molecular flexibility index (Phi) is 33.8. The normalized spacial score (nSPS) is 18.4. The zero-order chi connectivity index (χ0) is 85.0. The molecule has 6 N–H and O–H groups in total. The largest absolute Gasteiger partial charge is 0.494 e. The van der Waals surface area contributed by atoms with E-state index in [0.717, 1.165) is 32.0 Å². The number of hydrogen-bond donors (Lipinski definition) is 4. The second-order valence-corrected chi connectivity index (χ2v) is 30.8. The molecule has 6 atom stereocenters. The molecule has 3 aliphatic heterocycles. The van der Waals surface area contributed by atoms with E-state index < -0.39 is 134 Å². The lowest BCUT2D eigenvalue weighted by molar-refractivity contribution is -0.160. The first-order valence-corrected chi connectivity index (χ1v) is 36.6. The molecule has 3 saturated heterocycles. The quantitative estimate of drug-likeness (QED) is 0.0278. The topological polar surface area (TPSA) is 335 Å². The summed E-state index contributed by atoms with van der Waals surface area (Å²) in [6.07, 6.45) is 0.825. The summed E-state index contributed by atoms with van der Waals surface area (Å²) in [4.78, 5) is 92.2. The third kappa shape index (κ3) is 26.8. The molecule has 3 amide bonds. The number of amides is 3. The van der Waals surface area contributed by atoms with Gasteiger partial charge in [-0.15, -0.1) is 0 Å². The van der Waals surface area contributed by atoms with E-state index in [4.69, 9.17) is 62.9 Å². The number of carbonyl (C=O) groups is 5. The number of rotatable bonds is 22. The SMILES string of the molecule is CC(C)(C)OC(=O)CCc1ncc(-c2ccc([C@H]3OC(C)(C)N(C(=O)C(F)F)[C@@H]3CF)cc2)cn1.CC(C)(C)OC(=O)CCc1ncc(Cl)cn1.CC1(C)O[C@H](c2ccc(B3OC(C)(C)C(C)(C)O3)cc2)[C@@H](CF)N1C(=O)C(F)F.NCc1ncc(-c2ccc([C@@H](O)[C@@H](CF)NC(=O)C(F)F)cc2)cn1.NCc1ncc(Cl)cn1. The first-order chi connectivity index (χ1) is 53.3. The predicted octanol–water partition coefficient (Wildman–Crippen LogP) is 12.2. The maximum absolute atomic E-state index is 13.9. The Bertz CT molecular complexity index is 4230. The maximum atomic E-state index is 13.9. The number of aromatic nitrogens is 8. The number of nitrogens with one attached hydrogen (secondary N) is 1. The summed E-state index contributed by atoms with van der Waals surface area (Å²) < 4.78 is 151. The van der Waals surface area contributed by atoms with Crippen molar-refractivity contribution in [2.45, 2.75) is 225 Å². The first kappa shape index (κ1) is 93.9. The molecular weight excluding hydrogens is 1550 g/mol. The van der Waals surface area contributed by atoms with Gasteiger partial charge in [-0.1, -0.05) is 96.0 Å². The Hall–Kier alpha value is -8.94. The van der Waals surface area contributed by atoms with Crippen molar-refractivity contribution in [1.29, 1.82) is 0 Å². The van der Waals surface area contributed by atoms with Crippen LogP contribution < -0.4 is 22.2 Å². The van der Waals surface area contributed by atoms with Crippen LogP contribution in [0.5, 0.6) is 0 Å². The summed E-state index contributed by atoms with van der Waals surface area (Å²) in [6.45, 7) is 22.0. The summed E-state index contributed by atoms with van der Waals surface area (Å²) in [5, 5.41) is 12.9. The van der Waals surface area contributed by atoms with Gasteiger partial charge in [-0.25, -0.2) is 53.0 Å². The highest BCUT2D eigenvalue weighted by molar-refractivity contribution is 6.62. The number of halogens is 11. The lowest BCUT2D eigenvalue weighted by Crippen LogP contribution is -2.51. The smallest absolute Gasteiger partial charge is 0.460 e. The fraction of sp³-hybridized carbons (Fsp3) is 0.494. The van der Waals surface area contributed by atoms with Crippen LogP contribution in [0.1, 0.15) is 168 Å². The summed E-state index contributed by atoms with van der Waals surface area (Å²) in [5.41, 5.74) is 11.1. The third-order valence-corrected chi connectivity index (χ3v) is 18.0. The average Bonchev–Trinajstić information content (AvgIpc) is 1.62. The van der Waals surface area contributed by atoms with Crippen molar-refractivity contribution in [3.05, 3.63) is 172 Å². The van der Waals surface area contributed by atoms with Crippen molar-refractivity contribution in [1.82, 2.24) is 55.0 Å². The van der Waals surface area contributed by atoms with Crippen LogP contribution in [0.3, 0.4) is 0 Å². The predicted molar refractivity (Wildman–Crippen MR) is 405 cm³/mol. The minimum atomic E-state index is -3.28. The molecule has 0 spiro atoms. The molecule has 10 rings (SSSR count). The molecule has 7 aromatic rings. The molecule has 25 nitrogen and oxygen atoms in total. The minimum absolute atomic E-state index is 0.171. The number of nitrogens with two attached hydrogens (primary N) is 2. The van der Waals surface area contributed by atoms with Crippen molar-refractivity contribution in [3.63, 3.8) is 0 Å². The molecular formula is C77H95BCl2F9N13O12. The molecule has 0 radical (unpaired) electrons. The minimum Gasteiger partial charge on any atom is -0.460 e. The summed E-state index contributed by atoms with van der Waals surface area (Å²) in [7, 11) is -0.552. The van der Waals surface area contributed by atoms with Crippen LogP contribution in [-0.2, 0) is 78.2 Å². The Labute approximate surface area is 665 Å². The van der Waals surface area contributed by atoms with Crippen molar-refractivity contribution in [2.24, 2.45) is 11.5 Å². The highest BCUT2D eigenvalue weighted by Crippen LogP contribution is 2.44. The Morgan fingerprint density at radius 1 is 0.518 bits per heavy atom. The van der Waals surface area contributed by atoms with Gasteiger partial charge in [-0.05, 0) is 130 Å². The number of aliphatic hydroxyl groups is 1. The molecule has 4 aromatic heterocycles. The molecule has 620 valence electrons. The number of carbonyl (C=O) groups excluding carboxylic acids is 5. The van der Waals surface area contributed by atoms with E-state index in [1.165, 1.54) is 64.6 Å². The van der Waals surface area contributed by atoms with Crippen LogP contribution in [0.15, 0.2) is 122 Å². The van der Waals surface area contributed by atoms with E-state index in [1.54, 1.807) is 112 Å². The van der Waals surface area contributed by atoms with Crippen LogP contribution in [0, 0.1) is 0 Å². The van der Waals surface area contributed by atoms with Gasteiger partial charge in [0, 0.05) is 73.5 Å². The van der Waals surface area contributed by atoms with E-state index in [0.29, 0.717) is 69.4 Å². The Morgan fingerprint density at radius 2 is 0.851 bits per heavy atom. The average molecular weight is 1650 g/mol. The van der Waals surface area contributed by atoms with E-state index in [1.807, 2.05) is 48.5 Å². The van der Waals surface area contributed by atoms with Crippen LogP contribution in [0.25, 0.3) is 22.3 Å². The molecule has 3 aliphatic rings. The molecule has 0 saturated carbocycles. The van der Waals surface area contributed by atoms with Gasteiger partial charge in [0.25, 0.3) is 17.7 Å². The van der Waals surface area contributed by atoms with Gasteiger partial charge in [-0.2, -0.15) is 26.3 Å². The molecule has 0 aliphatic carbocycles. The van der Waals surface area contributed by atoms with Gasteiger partial charge in [-0.3, -0.25) is 24.0 Å². The number of benzene rings is 3. The van der Waals surface area contributed by atoms with Crippen molar-refractivity contribution in [2.75, 3.05) is 20.0 Å². The molecule has 7 heterocycles. The van der Waals surface area contributed by atoms with Gasteiger partial charge in [0.1, 0.15) is 84.3 Å². The molecule has 0 unspecified atom stereocenters. The number of aryl methyl sites for hydroxylation is 2. The van der Waals surface area contributed by atoms with E-state index in [2.05, 4.69) is 39.9 Å². The summed E-state index contributed by atoms with van der Waals surface area (Å²) in [6, 6.07) is 16.5. The molecule has 0 bridgehead atoms. The number of aliphatic hydroxyl groups excluding tert-OH is 1. The van der Waals surface area contributed by atoms with E-state index >= 15 is 0 Å². The van der Waals surface area contributed by atoms with Crippen molar-refractivity contribution in [3.8, 4) is 22.3 Å². The van der Waals surface area contributed by atoms with Crippen LogP contribution >= 0.6 is 23.2 Å². The second kappa shape index (κ2) is 41.1. The zero-order valence-corrected chi connectivity index (χ0v) is 66.9. The molecule has 37 heteroatoms. The van der Waals surface area contributed by atoms with Crippen LogP contribution in [-0.4, -0.2) is 183 Å². The fourth-order valence-corrected chi connectivity index (χ4v) is 11.7. The van der Waals surface area contributed by atoms with Gasteiger partial charge in [0.2, 0.25) is 0 Å². The third-order valence-electron chi connectivity index (χ3n) is 17.6. The van der Waals surface area contributed by atoms with Crippen LogP contribution in [0.4, 0.5) is 39.5 Å². The molecule has 3 fully saturated rings. The second-order valence-electron chi connectivity index (χ2n) is 29.9. The number of nitrogens with zero attached hydrogens (tertiary/aromatic N) is 10. The lowest BCUT2D eigenvalue weighted by atomic mass is 9.78. The summed E-state index contributed by atoms with van der Waals surface area (Å²) in [5.74, 6) is -2.88. The van der Waals surface area contributed by atoms with Crippen LogP contribution in [0.2, 0.25) is 10.0 Å². The lowest BCUT2D eigenvalue weighted by Gasteiger charge is -2.32. The molecule has 114 heavy (non-hydrogen) atoms. The zero-order valence-electron chi connectivity index (χ0n) is 65.4. The van der Waals surface area contributed by atoms with Gasteiger partial charge in [0.15, 0.2) is 0 Å². The van der Waals surface area contributed by atoms with Gasteiger partial charge in [0.05, 0.1) is 65.3 Å². The highest BCUT2D eigenvalue weighted by Gasteiger charge is 2.55. The maximum Gasteiger partial charge on any atom is 0.494 e. The Morgan fingerprint density at radius 3 is 1.18 bits per heavy atom. The standard InChI is InChI=1S/C25H30F3N3O4.C20H27BF3NO4.C16H17F3N4O2.C11H15ClN2O2.C5H6ClN3/c1-24(2,3)34-20(32)11-10-19-29-13-17(14-30-19)15-6-8-16(9-7-15)21-18(12-26)31(23(33)22(27)28)25(4,5)35-21;1-18(2)19(3,4)29-21(28-18)13-9-7-12(8-10-13)15-14(11-22)25(17(26)16(23)24)20(5,6)27-15;17-5-12(23-16(25)15(18)19)14(24)10-3-1-9(2-4-10)11-7-21-13(6-20)22-8-11;1-11(2,3)16-10(15)5-4-9-13-6-8(12)7-14-9;6-4-2-8-5(1-7)9-3-4/h6-9,13-14,18,21-22H,10-12H2,1-5H3;7-10,14-16H,11H2,1-6H3;1-4,7-8,12,14-15,24H,5-6,20H2,(H,23,25);6-7H,4-5H2,1-3H3;2-3H,1,7H2/t18-,21-;14-,15-;12-,14-;;/m111../s1. The Balaban J connectivity index is 0.000000234. The highest BCUT2D eigenvalue weighted by atomic mass is 35.5. The first-order valence-electron chi connectivity index (χ1n) is 35.9. The molecule has 3 aromatic carbocycles. The monoisotopic (exact) mass is 1650 g/mol. The number of hydrogen-bond acceptors (Lipinski definition) is 22. The summed E-state index contributed by atoms with van der Waals surface area (Å²) >= 11 is 11.1. The number of alkyl halides is 9. The van der Waals surface area contributed by atoms with Gasteiger partial charge < -0.3 is 59.9 Å². The number of ether oxygens (including phenoxy) is 4. The number of esters is 2.